The Balaban J connectivity index is 2.79. The number of aromatic nitrogens is 1. The van der Waals surface area contributed by atoms with Crippen LogP contribution in [0.2, 0.25) is 0 Å². The van der Waals surface area contributed by atoms with Crippen LogP contribution in [0.25, 0.3) is 0 Å². The number of hydrogen-bond acceptors (Lipinski definition) is 3. The molecule has 4 heteroatoms. The van der Waals surface area contributed by atoms with Crippen molar-refractivity contribution in [1.29, 1.82) is 0 Å². The van der Waals surface area contributed by atoms with E-state index < -0.39 is 17.9 Å². The molecule has 0 bridgehead atoms. The Hall–Kier alpha value is -1.42. The summed E-state index contributed by atoms with van der Waals surface area (Å²) in [6.07, 6.45) is 3.21. The molecule has 0 fully saturated rings. The van der Waals surface area contributed by atoms with E-state index >= 15 is 0 Å². The van der Waals surface area contributed by atoms with Gasteiger partial charge in [0.1, 0.15) is 0 Å². The Morgan fingerprint density at radius 3 is 2.85 bits per heavy atom. The number of carbonyl (C=O) groups is 1. The van der Waals surface area contributed by atoms with Gasteiger partial charge in [0.15, 0.2) is 0 Å². The smallest absolute Gasteiger partial charge is 0.308 e. The molecule has 4 nitrogen and oxygen atoms in total. The summed E-state index contributed by atoms with van der Waals surface area (Å²) >= 11 is 0. The van der Waals surface area contributed by atoms with E-state index in [1.807, 2.05) is 0 Å². The molecular weight excluding hydrogens is 168 g/mol. The second kappa shape index (κ2) is 4.00. The van der Waals surface area contributed by atoms with Crippen LogP contribution >= 0.6 is 0 Å². The predicted molar refractivity (Wildman–Crippen MR) is 48.0 cm³/mol. The molecule has 1 aromatic rings. The van der Waals surface area contributed by atoms with Gasteiger partial charge in [-0.3, -0.25) is 9.78 Å². The van der Waals surface area contributed by atoms with Gasteiger partial charge in [0, 0.05) is 18.4 Å². The first kappa shape index (κ1) is 9.67. The molecule has 2 atom stereocenters. The highest BCUT2D eigenvalue weighted by Gasteiger charge is 2.21. The van der Waals surface area contributed by atoms with Crippen LogP contribution < -0.4 is 5.73 Å². The standard InChI is InChI=1S/C9H12N2O2/c1-6(9(12)13)8(10)7-3-2-4-11-5-7/h2-6,8H,10H2,1H3,(H,12,13). The first-order chi connectivity index (χ1) is 6.13. The molecule has 1 rings (SSSR count). The molecule has 0 aliphatic carbocycles. The molecule has 0 amide bonds. The number of aliphatic carboxylic acids is 1. The number of carboxylic acid groups (broad SMARTS) is 1. The van der Waals surface area contributed by atoms with Crippen molar-refractivity contribution in [3.05, 3.63) is 30.1 Å². The predicted octanol–water partition coefficient (Wildman–Crippen LogP) is 0.802. The quantitative estimate of drug-likeness (QED) is 0.721. The topological polar surface area (TPSA) is 76.2 Å². The first-order valence-electron chi connectivity index (χ1n) is 4.01. The van der Waals surface area contributed by atoms with Gasteiger partial charge in [-0.1, -0.05) is 13.0 Å². The summed E-state index contributed by atoms with van der Waals surface area (Å²) in [6, 6.07) is 3.02. The van der Waals surface area contributed by atoms with Gasteiger partial charge >= 0.3 is 5.97 Å². The maximum atomic E-state index is 10.6. The van der Waals surface area contributed by atoms with Gasteiger partial charge in [0.2, 0.25) is 0 Å². The van der Waals surface area contributed by atoms with Crippen LogP contribution in [0.15, 0.2) is 24.5 Å². The van der Waals surface area contributed by atoms with Crippen molar-refractivity contribution in [3.63, 3.8) is 0 Å². The zero-order chi connectivity index (χ0) is 9.84. The largest absolute Gasteiger partial charge is 0.481 e. The summed E-state index contributed by atoms with van der Waals surface area (Å²) in [4.78, 5) is 14.5. The Labute approximate surface area is 76.4 Å². The molecule has 0 radical (unpaired) electrons. The lowest BCUT2D eigenvalue weighted by Gasteiger charge is -2.15. The fraction of sp³-hybridized carbons (Fsp3) is 0.333. The SMILES string of the molecule is CC(C(=O)O)C(N)c1cccnc1. The molecule has 0 aromatic carbocycles. The van der Waals surface area contributed by atoms with Crippen molar-refractivity contribution < 1.29 is 9.90 Å². The Bertz CT molecular complexity index is 287. The van der Waals surface area contributed by atoms with Crippen LogP contribution in [0.1, 0.15) is 18.5 Å². The molecule has 0 spiro atoms. The number of hydrogen-bond donors (Lipinski definition) is 2. The normalized spacial score (nSPS) is 14.9. The van der Waals surface area contributed by atoms with Gasteiger partial charge in [-0.05, 0) is 11.6 Å². The number of rotatable bonds is 3. The fourth-order valence-electron chi connectivity index (χ4n) is 1.02. The lowest BCUT2D eigenvalue weighted by molar-refractivity contribution is -0.141. The highest BCUT2D eigenvalue weighted by Crippen LogP contribution is 2.17. The minimum absolute atomic E-state index is 0.494. The van der Waals surface area contributed by atoms with Gasteiger partial charge in [-0.25, -0.2) is 0 Å². The third-order valence-corrected chi connectivity index (χ3v) is 2.00. The van der Waals surface area contributed by atoms with Crippen LogP contribution in [0.5, 0.6) is 0 Å². The molecule has 1 heterocycles. The highest BCUT2D eigenvalue weighted by molar-refractivity contribution is 5.70. The maximum Gasteiger partial charge on any atom is 0.308 e. The van der Waals surface area contributed by atoms with Gasteiger partial charge in [0.05, 0.1) is 5.92 Å². The zero-order valence-corrected chi connectivity index (χ0v) is 7.34. The number of nitrogens with zero attached hydrogens (tertiary/aromatic N) is 1. The molecule has 0 aliphatic rings. The summed E-state index contributed by atoms with van der Waals surface area (Å²) in [5.41, 5.74) is 6.47. The Morgan fingerprint density at radius 2 is 2.38 bits per heavy atom. The van der Waals surface area contributed by atoms with E-state index in [1.165, 1.54) is 0 Å². The molecule has 2 unspecified atom stereocenters. The molecule has 0 aliphatic heterocycles. The van der Waals surface area contributed by atoms with Crippen LogP contribution in [0, 0.1) is 5.92 Å². The number of pyridine rings is 1. The minimum atomic E-state index is -0.892. The Kier molecular flexibility index (Phi) is 2.97. The monoisotopic (exact) mass is 180 g/mol. The maximum absolute atomic E-state index is 10.6. The summed E-state index contributed by atoms with van der Waals surface area (Å²) in [5, 5.41) is 8.71. The van der Waals surface area contributed by atoms with E-state index in [9.17, 15) is 4.79 Å². The van der Waals surface area contributed by atoms with Crippen LogP contribution in [-0.2, 0) is 4.79 Å². The molecular formula is C9H12N2O2. The first-order valence-corrected chi connectivity index (χ1v) is 4.01. The third kappa shape index (κ3) is 2.26. The van der Waals surface area contributed by atoms with Crippen molar-refractivity contribution in [1.82, 2.24) is 4.98 Å². The molecule has 3 N–H and O–H groups in total. The molecule has 70 valence electrons. The van der Waals surface area contributed by atoms with Gasteiger partial charge in [-0.2, -0.15) is 0 Å². The summed E-state index contributed by atoms with van der Waals surface area (Å²) < 4.78 is 0. The molecule has 0 saturated heterocycles. The summed E-state index contributed by atoms with van der Waals surface area (Å²) in [7, 11) is 0. The van der Waals surface area contributed by atoms with Crippen LogP contribution in [0.4, 0.5) is 0 Å². The van der Waals surface area contributed by atoms with Gasteiger partial charge < -0.3 is 10.8 Å². The van der Waals surface area contributed by atoms with Crippen molar-refractivity contribution >= 4 is 5.97 Å². The summed E-state index contributed by atoms with van der Waals surface area (Å²) in [6.45, 7) is 1.58. The molecule has 0 saturated carbocycles. The zero-order valence-electron chi connectivity index (χ0n) is 7.34. The number of nitrogens with two attached hydrogens (primary N) is 1. The van der Waals surface area contributed by atoms with E-state index in [0.717, 1.165) is 5.56 Å². The minimum Gasteiger partial charge on any atom is -0.481 e. The van der Waals surface area contributed by atoms with E-state index in [-0.39, 0.29) is 0 Å². The van der Waals surface area contributed by atoms with E-state index in [4.69, 9.17) is 10.8 Å². The van der Waals surface area contributed by atoms with E-state index in [1.54, 1.807) is 31.5 Å². The van der Waals surface area contributed by atoms with Crippen molar-refractivity contribution in [3.8, 4) is 0 Å². The second-order valence-corrected chi connectivity index (χ2v) is 2.94. The fourth-order valence-corrected chi connectivity index (χ4v) is 1.02. The second-order valence-electron chi connectivity index (χ2n) is 2.94. The average molecular weight is 180 g/mol. The Morgan fingerprint density at radius 1 is 1.69 bits per heavy atom. The van der Waals surface area contributed by atoms with E-state index in [0.29, 0.717) is 0 Å². The van der Waals surface area contributed by atoms with E-state index in [2.05, 4.69) is 4.98 Å². The van der Waals surface area contributed by atoms with Crippen LogP contribution in [-0.4, -0.2) is 16.1 Å². The van der Waals surface area contributed by atoms with Crippen molar-refractivity contribution in [2.75, 3.05) is 0 Å². The van der Waals surface area contributed by atoms with Crippen LogP contribution in [0.3, 0.4) is 0 Å². The average Bonchev–Trinajstić information content (AvgIpc) is 2.17. The summed E-state index contributed by atoms with van der Waals surface area (Å²) in [5.74, 6) is -1.49. The number of carboxylic acids is 1. The lowest BCUT2D eigenvalue weighted by Crippen LogP contribution is -2.25. The third-order valence-electron chi connectivity index (χ3n) is 2.00. The van der Waals surface area contributed by atoms with Crippen molar-refractivity contribution in [2.45, 2.75) is 13.0 Å². The van der Waals surface area contributed by atoms with Crippen molar-refractivity contribution in [2.24, 2.45) is 11.7 Å². The molecule has 13 heavy (non-hydrogen) atoms. The highest BCUT2D eigenvalue weighted by atomic mass is 16.4. The molecule has 1 aromatic heterocycles. The lowest BCUT2D eigenvalue weighted by atomic mass is 9.97. The van der Waals surface area contributed by atoms with Gasteiger partial charge in [-0.15, -0.1) is 0 Å². The van der Waals surface area contributed by atoms with Gasteiger partial charge in [0.25, 0.3) is 0 Å².